The second-order valence-corrected chi connectivity index (χ2v) is 7.63. The highest BCUT2D eigenvalue weighted by Crippen LogP contribution is 2.28. The fraction of sp³-hybridized carbons (Fsp3) is 0.182. The highest BCUT2D eigenvalue weighted by Gasteiger charge is 2.25. The van der Waals surface area contributed by atoms with E-state index in [0.29, 0.717) is 5.69 Å². The maximum Gasteiger partial charge on any atom is 0.245 e. The third-order valence-corrected chi connectivity index (χ3v) is 5.71. The van der Waals surface area contributed by atoms with Crippen LogP contribution < -0.4 is 5.73 Å². The topological polar surface area (TPSA) is 76.3 Å². The van der Waals surface area contributed by atoms with Crippen molar-refractivity contribution in [2.75, 3.05) is 12.8 Å². The average molecular weight is 380 g/mol. The number of halogens is 2. The SMILES string of the molecule is CN(Cc1cscn1)S(=O)(=O)c1cc(Br)c(F)cc1N. The molecule has 0 atom stereocenters. The molecule has 2 aromatic rings. The van der Waals surface area contributed by atoms with E-state index in [4.69, 9.17) is 5.73 Å². The zero-order valence-corrected chi connectivity index (χ0v) is 13.6. The molecule has 0 unspecified atom stereocenters. The molecule has 5 nitrogen and oxygen atoms in total. The molecule has 0 aliphatic carbocycles. The molecular formula is C11H11BrFN3O2S2. The number of benzene rings is 1. The van der Waals surface area contributed by atoms with Crippen LogP contribution in [0, 0.1) is 5.82 Å². The Labute approximate surface area is 128 Å². The number of nitrogens with two attached hydrogens (primary N) is 1. The van der Waals surface area contributed by atoms with Gasteiger partial charge < -0.3 is 5.73 Å². The first-order valence-electron chi connectivity index (χ1n) is 5.40. The Morgan fingerprint density at radius 1 is 1.50 bits per heavy atom. The standard InChI is InChI=1S/C11H11BrFN3O2S2/c1-16(4-7-5-19-6-15-7)20(17,18)11-2-8(12)9(13)3-10(11)14/h2-3,5-6H,4,14H2,1H3. The van der Waals surface area contributed by atoms with Crippen molar-refractivity contribution in [3.8, 4) is 0 Å². The predicted molar refractivity (Wildman–Crippen MR) is 79.3 cm³/mol. The van der Waals surface area contributed by atoms with Crippen LogP contribution in [0.1, 0.15) is 5.69 Å². The molecule has 1 heterocycles. The van der Waals surface area contributed by atoms with E-state index >= 15 is 0 Å². The molecule has 0 aliphatic heterocycles. The third kappa shape index (κ3) is 3.00. The fourth-order valence-electron chi connectivity index (χ4n) is 1.56. The van der Waals surface area contributed by atoms with Gasteiger partial charge >= 0.3 is 0 Å². The van der Waals surface area contributed by atoms with E-state index in [0.717, 1.165) is 16.4 Å². The summed E-state index contributed by atoms with van der Waals surface area (Å²) in [6, 6.07) is 2.14. The summed E-state index contributed by atoms with van der Waals surface area (Å²) in [5, 5.41) is 1.76. The lowest BCUT2D eigenvalue weighted by Gasteiger charge is -2.17. The van der Waals surface area contributed by atoms with Crippen molar-refractivity contribution in [2.45, 2.75) is 11.4 Å². The number of aromatic nitrogens is 1. The summed E-state index contributed by atoms with van der Waals surface area (Å²) < 4.78 is 39.3. The van der Waals surface area contributed by atoms with Crippen molar-refractivity contribution in [3.05, 3.63) is 39.0 Å². The van der Waals surface area contributed by atoms with E-state index in [9.17, 15) is 12.8 Å². The normalized spacial score (nSPS) is 12.0. The lowest BCUT2D eigenvalue weighted by Crippen LogP contribution is -2.27. The van der Waals surface area contributed by atoms with E-state index in [-0.39, 0.29) is 21.6 Å². The van der Waals surface area contributed by atoms with Gasteiger partial charge in [-0.1, -0.05) is 0 Å². The number of nitrogens with zero attached hydrogens (tertiary/aromatic N) is 2. The molecule has 0 aliphatic rings. The molecule has 0 saturated heterocycles. The van der Waals surface area contributed by atoms with Gasteiger partial charge in [0.25, 0.3) is 0 Å². The molecular weight excluding hydrogens is 369 g/mol. The van der Waals surface area contributed by atoms with Crippen LogP contribution in [0.2, 0.25) is 0 Å². The Bertz CT molecular complexity index is 720. The summed E-state index contributed by atoms with van der Waals surface area (Å²) in [6.45, 7) is 0.125. The van der Waals surface area contributed by atoms with Gasteiger partial charge in [-0.15, -0.1) is 11.3 Å². The maximum absolute atomic E-state index is 13.3. The summed E-state index contributed by atoms with van der Waals surface area (Å²) in [5.41, 5.74) is 7.74. The van der Waals surface area contributed by atoms with Crippen molar-refractivity contribution >= 4 is 43.0 Å². The summed E-state index contributed by atoms with van der Waals surface area (Å²) in [4.78, 5) is 3.89. The minimum absolute atomic E-state index is 0.0485. The molecule has 9 heteroatoms. The maximum atomic E-state index is 13.3. The molecule has 2 rings (SSSR count). The van der Waals surface area contributed by atoms with Gasteiger partial charge in [0.1, 0.15) is 10.7 Å². The van der Waals surface area contributed by atoms with Gasteiger partial charge in [-0.3, -0.25) is 0 Å². The molecule has 0 saturated carbocycles. The minimum Gasteiger partial charge on any atom is -0.398 e. The first-order chi connectivity index (χ1) is 9.32. The molecule has 0 amide bonds. The van der Waals surface area contributed by atoms with Gasteiger partial charge in [0.15, 0.2) is 0 Å². The second-order valence-electron chi connectivity index (χ2n) is 4.05. The van der Waals surface area contributed by atoms with E-state index in [1.807, 2.05) is 0 Å². The Balaban J connectivity index is 2.37. The lowest BCUT2D eigenvalue weighted by atomic mass is 10.3. The fourth-order valence-corrected chi connectivity index (χ4v) is 3.87. The number of thiazole rings is 1. The Hall–Kier alpha value is -1.03. The van der Waals surface area contributed by atoms with Crippen molar-refractivity contribution in [1.29, 1.82) is 0 Å². The monoisotopic (exact) mass is 379 g/mol. The predicted octanol–water partition coefficient (Wildman–Crippen LogP) is 2.45. The first-order valence-corrected chi connectivity index (χ1v) is 8.58. The molecule has 1 aromatic heterocycles. The van der Waals surface area contributed by atoms with E-state index in [2.05, 4.69) is 20.9 Å². The number of anilines is 1. The summed E-state index contributed by atoms with van der Waals surface area (Å²) >= 11 is 4.34. The van der Waals surface area contributed by atoms with Crippen molar-refractivity contribution in [3.63, 3.8) is 0 Å². The van der Waals surface area contributed by atoms with Crippen LogP contribution in [0.25, 0.3) is 0 Å². The largest absolute Gasteiger partial charge is 0.398 e. The second kappa shape index (κ2) is 5.76. The molecule has 0 bridgehead atoms. The number of rotatable bonds is 4. The van der Waals surface area contributed by atoms with Gasteiger partial charge in [-0.2, -0.15) is 4.31 Å². The average Bonchev–Trinajstić information content (AvgIpc) is 2.86. The number of nitrogen functional groups attached to an aromatic ring is 1. The lowest BCUT2D eigenvalue weighted by molar-refractivity contribution is 0.463. The Morgan fingerprint density at radius 2 is 2.20 bits per heavy atom. The van der Waals surface area contributed by atoms with Gasteiger partial charge in [0.2, 0.25) is 10.0 Å². The molecule has 0 radical (unpaired) electrons. The quantitative estimate of drug-likeness (QED) is 0.827. The summed E-state index contributed by atoms with van der Waals surface area (Å²) in [6.07, 6.45) is 0. The number of hydrogen-bond acceptors (Lipinski definition) is 5. The first kappa shape index (κ1) is 15.4. The highest BCUT2D eigenvalue weighted by molar-refractivity contribution is 9.10. The van der Waals surface area contributed by atoms with Crippen molar-refractivity contribution < 1.29 is 12.8 Å². The zero-order valence-electron chi connectivity index (χ0n) is 10.4. The van der Waals surface area contributed by atoms with Gasteiger partial charge in [-0.05, 0) is 28.1 Å². The van der Waals surface area contributed by atoms with E-state index in [1.165, 1.54) is 18.4 Å². The summed E-state index contributed by atoms with van der Waals surface area (Å²) in [5.74, 6) is -0.608. The molecule has 2 N–H and O–H groups in total. The van der Waals surface area contributed by atoms with Crippen molar-refractivity contribution in [2.24, 2.45) is 0 Å². The van der Waals surface area contributed by atoms with Crippen LogP contribution in [0.5, 0.6) is 0 Å². The number of sulfonamides is 1. The highest BCUT2D eigenvalue weighted by atomic mass is 79.9. The number of hydrogen-bond donors (Lipinski definition) is 1. The van der Waals surface area contributed by atoms with Crippen LogP contribution in [0.3, 0.4) is 0 Å². The van der Waals surface area contributed by atoms with Gasteiger partial charge in [0.05, 0.1) is 27.9 Å². The van der Waals surface area contributed by atoms with Crippen LogP contribution in [0.4, 0.5) is 10.1 Å². The molecule has 1 aromatic carbocycles. The molecule has 20 heavy (non-hydrogen) atoms. The van der Waals surface area contributed by atoms with Crippen LogP contribution in [-0.2, 0) is 16.6 Å². The minimum atomic E-state index is -3.81. The molecule has 0 fully saturated rings. The van der Waals surface area contributed by atoms with Crippen molar-refractivity contribution in [1.82, 2.24) is 9.29 Å². The molecule has 108 valence electrons. The van der Waals surface area contributed by atoms with Crippen LogP contribution >= 0.6 is 27.3 Å². The third-order valence-electron chi connectivity index (χ3n) is 2.61. The smallest absolute Gasteiger partial charge is 0.245 e. The Morgan fingerprint density at radius 3 is 2.80 bits per heavy atom. The van der Waals surface area contributed by atoms with Gasteiger partial charge in [0, 0.05) is 12.4 Å². The molecule has 0 spiro atoms. The Kier molecular flexibility index (Phi) is 4.43. The van der Waals surface area contributed by atoms with Gasteiger partial charge in [-0.25, -0.2) is 17.8 Å². The van der Waals surface area contributed by atoms with E-state index in [1.54, 1.807) is 10.9 Å². The van der Waals surface area contributed by atoms with Crippen LogP contribution in [0.15, 0.2) is 32.4 Å². The summed E-state index contributed by atoms with van der Waals surface area (Å²) in [7, 11) is -2.39. The van der Waals surface area contributed by atoms with Crippen LogP contribution in [-0.4, -0.2) is 24.8 Å². The zero-order chi connectivity index (χ0) is 14.9. The van der Waals surface area contributed by atoms with E-state index < -0.39 is 15.8 Å².